The Kier molecular flexibility index (Phi) is 3.55. The molecule has 1 amide bonds. The molecule has 1 aromatic rings. The maximum Gasteiger partial charge on any atom is 0.209 e. The van der Waals surface area contributed by atoms with E-state index in [1.165, 1.54) is 0 Å². The molecule has 2 saturated heterocycles. The van der Waals surface area contributed by atoms with Crippen molar-refractivity contribution in [3.63, 3.8) is 0 Å². The molecule has 2 fully saturated rings. The molecule has 3 atom stereocenters. The molecule has 3 heterocycles. The van der Waals surface area contributed by atoms with Gasteiger partial charge in [-0.05, 0) is 32.6 Å². The highest BCUT2D eigenvalue weighted by Crippen LogP contribution is 2.33. The van der Waals surface area contributed by atoms with Gasteiger partial charge >= 0.3 is 0 Å². The maximum absolute atomic E-state index is 11.0. The van der Waals surface area contributed by atoms with E-state index in [2.05, 4.69) is 12.1 Å². The topological polar surface area (TPSA) is 55.6 Å². The average Bonchev–Trinajstić information content (AvgIpc) is 3.10. The van der Waals surface area contributed by atoms with E-state index < -0.39 is 0 Å². The van der Waals surface area contributed by atoms with Crippen LogP contribution in [-0.2, 0) is 9.53 Å². The highest BCUT2D eigenvalue weighted by molar-refractivity contribution is 5.48. The molecule has 0 aliphatic carbocycles. The predicted octanol–water partition coefficient (Wildman–Crippen LogP) is 2.25. The lowest BCUT2D eigenvalue weighted by Crippen LogP contribution is -2.39. The Bertz CT molecular complexity index is 440. The minimum Gasteiger partial charge on any atom is -0.372 e. The van der Waals surface area contributed by atoms with E-state index in [0.29, 0.717) is 6.04 Å². The average molecular weight is 264 g/mol. The summed E-state index contributed by atoms with van der Waals surface area (Å²) < 4.78 is 11.1. The van der Waals surface area contributed by atoms with Gasteiger partial charge in [0.25, 0.3) is 0 Å². The van der Waals surface area contributed by atoms with Crippen LogP contribution in [-0.4, -0.2) is 35.7 Å². The van der Waals surface area contributed by atoms with Crippen molar-refractivity contribution in [2.45, 2.75) is 50.7 Å². The molecule has 2 unspecified atom stereocenters. The van der Waals surface area contributed by atoms with Crippen LogP contribution in [0.5, 0.6) is 0 Å². The molecule has 2 aliphatic rings. The SMILES string of the molecule is C[C@@H]1CCC(c2cc(C3CCCO3)no2)CN1C=O. The summed E-state index contributed by atoms with van der Waals surface area (Å²) in [6.07, 6.45) is 5.21. The molecule has 1 aromatic heterocycles. The molecule has 0 radical (unpaired) electrons. The molecule has 3 rings (SSSR count). The highest BCUT2D eigenvalue weighted by Gasteiger charge is 2.29. The van der Waals surface area contributed by atoms with Crippen LogP contribution in [0.25, 0.3) is 0 Å². The van der Waals surface area contributed by atoms with Gasteiger partial charge in [-0.2, -0.15) is 0 Å². The van der Waals surface area contributed by atoms with E-state index >= 15 is 0 Å². The zero-order valence-electron chi connectivity index (χ0n) is 11.2. The maximum atomic E-state index is 11.0. The highest BCUT2D eigenvalue weighted by atomic mass is 16.5. The van der Waals surface area contributed by atoms with Gasteiger partial charge in [0.15, 0.2) is 0 Å². The molecular formula is C14H20N2O3. The van der Waals surface area contributed by atoms with Crippen molar-refractivity contribution in [2.75, 3.05) is 13.2 Å². The van der Waals surface area contributed by atoms with Gasteiger partial charge in [0, 0.05) is 31.2 Å². The van der Waals surface area contributed by atoms with Crippen LogP contribution in [0, 0.1) is 0 Å². The monoisotopic (exact) mass is 264 g/mol. The molecule has 2 aliphatic heterocycles. The van der Waals surface area contributed by atoms with Crippen molar-refractivity contribution in [1.29, 1.82) is 0 Å². The van der Waals surface area contributed by atoms with Gasteiger partial charge in [0.1, 0.15) is 17.6 Å². The number of ether oxygens (including phenoxy) is 1. The van der Waals surface area contributed by atoms with Gasteiger partial charge in [0.2, 0.25) is 6.41 Å². The Morgan fingerprint density at radius 2 is 2.32 bits per heavy atom. The van der Waals surface area contributed by atoms with Gasteiger partial charge in [0.05, 0.1) is 0 Å². The minimum atomic E-state index is 0.0992. The number of carbonyl (C=O) groups is 1. The molecule has 19 heavy (non-hydrogen) atoms. The Morgan fingerprint density at radius 1 is 1.42 bits per heavy atom. The van der Waals surface area contributed by atoms with Gasteiger partial charge in [-0.1, -0.05) is 5.16 Å². The summed E-state index contributed by atoms with van der Waals surface area (Å²) in [5.74, 6) is 1.16. The molecule has 5 nitrogen and oxygen atoms in total. The summed E-state index contributed by atoms with van der Waals surface area (Å²) in [5.41, 5.74) is 0.906. The number of hydrogen-bond donors (Lipinski definition) is 0. The van der Waals surface area contributed by atoms with Crippen LogP contribution < -0.4 is 0 Å². The van der Waals surface area contributed by atoms with Gasteiger partial charge in [-0.25, -0.2) is 0 Å². The number of nitrogens with zero attached hydrogens (tertiary/aromatic N) is 2. The summed E-state index contributed by atoms with van der Waals surface area (Å²) in [6.45, 7) is 3.63. The fraction of sp³-hybridized carbons (Fsp3) is 0.714. The first-order chi connectivity index (χ1) is 9.28. The number of carbonyl (C=O) groups excluding carboxylic acids is 1. The van der Waals surface area contributed by atoms with Crippen molar-refractivity contribution >= 4 is 6.41 Å². The number of likely N-dealkylation sites (tertiary alicyclic amines) is 1. The molecule has 5 heteroatoms. The molecule has 0 aromatic carbocycles. The van der Waals surface area contributed by atoms with Crippen molar-refractivity contribution in [3.05, 3.63) is 17.5 Å². The van der Waals surface area contributed by atoms with Crippen molar-refractivity contribution < 1.29 is 14.1 Å². The van der Waals surface area contributed by atoms with E-state index in [1.54, 1.807) is 0 Å². The molecular weight excluding hydrogens is 244 g/mol. The summed E-state index contributed by atoms with van der Waals surface area (Å²) >= 11 is 0. The predicted molar refractivity (Wildman–Crippen MR) is 68.6 cm³/mol. The number of rotatable bonds is 3. The summed E-state index contributed by atoms with van der Waals surface area (Å²) in [5, 5.41) is 4.14. The second kappa shape index (κ2) is 5.33. The molecule has 0 spiro atoms. The van der Waals surface area contributed by atoms with E-state index in [4.69, 9.17) is 9.26 Å². The van der Waals surface area contributed by atoms with E-state index in [0.717, 1.165) is 56.7 Å². The Hall–Kier alpha value is -1.36. The number of hydrogen-bond acceptors (Lipinski definition) is 4. The standard InChI is InChI=1S/C14H20N2O3/c1-10-4-5-11(8-16(10)9-17)14-7-12(15-19-14)13-3-2-6-18-13/h7,9-11,13H,2-6,8H2,1H3/t10-,11?,13?/m1/s1. The van der Waals surface area contributed by atoms with Gasteiger partial charge < -0.3 is 14.2 Å². The van der Waals surface area contributed by atoms with Crippen LogP contribution in [0.15, 0.2) is 10.6 Å². The van der Waals surface area contributed by atoms with Crippen molar-refractivity contribution in [1.82, 2.24) is 10.1 Å². The summed E-state index contributed by atoms with van der Waals surface area (Å²) in [6, 6.07) is 2.34. The first kappa shape index (κ1) is 12.7. The molecule has 0 saturated carbocycles. The van der Waals surface area contributed by atoms with Gasteiger partial charge in [-0.3, -0.25) is 4.79 Å². The van der Waals surface area contributed by atoms with Crippen LogP contribution >= 0.6 is 0 Å². The lowest BCUT2D eigenvalue weighted by atomic mass is 9.91. The third-order valence-corrected chi connectivity index (χ3v) is 4.27. The van der Waals surface area contributed by atoms with Crippen LogP contribution in [0.2, 0.25) is 0 Å². The first-order valence-electron chi connectivity index (χ1n) is 7.07. The van der Waals surface area contributed by atoms with Gasteiger partial charge in [-0.15, -0.1) is 0 Å². The third kappa shape index (κ3) is 2.52. The first-order valence-corrected chi connectivity index (χ1v) is 7.07. The fourth-order valence-electron chi connectivity index (χ4n) is 2.97. The van der Waals surface area contributed by atoms with Crippen molar-refractivity contribution in [3.8, 4) is 0 Å². The van der Waals surface area contributed by atoms with E-state index in [-0.39, 0.29) is 12.0 Å². The number of amides is 1. The van der Waals surface area contributed by atoms with Crippen LogP contribution in [0.4, 0.5) is 0 Å². The molecule has 104 valence electrons. The molecule has 0 bridgehead atoms. The smallest absolute Gasteiger partial charge is 0.209 e. The number of aromatic nitrogens is 1. The second-order valence-electron chi connectivity index (χ2n) is 5.58. The Balaban J connectivity index is 1.70. The van der Waals surface area contributed by atoms with Crippen LogP contribution in [0.1, 0.15) is 56.1 Å². The zero-order valence-corrected chi connectivity index (χ0v) is 11.2. The lowest BCUT2D eigenvalue weighted by Gasteiger charge is -2.34. The molecule has 0 N–H and O–H groups in total. The largest absolute Gasteiger partial charge is 0.372 e. The van der Waals surface area contributed by atoms with Crippen molar-refractivity contribution in [2.24, 2.45) is 0 Å². The Morgan fingerprint density at radius 3 is 3.05 bits per heavy atom. The third-order valence-electron chi connectivity index (χ3n) is 4.27. The van der Waals surface area contributed by atoms with E-state index in [1.807, 2.05) is 11.0 Å². The second-order valence-corrected chi connectivity index (χ2v) is 5.58. The van der Waals surface area contributed by atoms with Crippen LogP contribution in [0.3, 0.4) is 0 Å². The summed E-state index contributed by atoms with van der Waals surface area (Å²) in [7, 11) is 0. The quantitative estimate of drug-likeness (QED) is 0.786. The fourth-order valence-corrected chi connectivity index (χ4v) is 2.97. The minimum absolute atomic E-state index is 0.0992. The Labute approximate surface area is 112 Å². The number of piperidine rings is 1. The summed E-state index contributed by atoms with van der Waals surface area (Å²) in [4.78, 5) is 12.9. The van der Waals surface area contributed by atoms with E-state index in [9.17, 15) is 4.79 Å². The lowest BCUT2D eigenvalue weighted by molar-refractivity contribution is -0.121. The normalized spacial score (nSPS) is 31.6. The zero-order chi connectivity index (χ0) is 13.2.